The van der Waals surface area contributed by atoms with Crippen LogP contribution in [0.15, 0.2) is 29.7 Å². The van der Waals surface area contributed by atoms with E-state index in [0.29, 0.717) is 11.3 Å². The van der Waals surface area contributed by atoms with Gasteiger partial charge in [-0.15, -0.1) is 11.3 Å². The van der Waals surface area contributed by atoms with E-state index in [-0.39, 0.29) is 11.7 Å². The van der Waals surface area contributed by atoms with Crippen LogP contribution in [0, 0.1) is 19.7 Å². The second kappa shape index (κ2) is 5.75. The third kappa shape index (κ3) is 3.72. The Kier molecular flexibility index (Phi) is 4.06. The molecule has 1 aromatic carbocycles. The Morgan fingerprint density at radius 2 is 2.21 bits per heavy atom. The van der Waals surface area contributed by atoms with Crippen molar-refractivity contribution in [3.8, 4) is 0 Å². The zero-order chi connectivity index (χ0) is 13.8. The standard InChI is InChI=1S/C14H13FN2OS/c1-9-3-4-11(7-13(9)15)17-14(18)6-5-12-8-19-10(2)16-12/h3-8H,1-2H3,(H,17,18)/b6-5+. The molecule has 0 saturated carbocycles. The average Bonchev–Trinajstić information content (AvgIpc) is 2.77. The molecule has 0 aliphatic heterocycles. The zero-order valence-electron chi connectivity index (χ0n) is 10.6. The summed E-state index contributed by atoms with van der Waals surface area (Å²) in [6, 6.07) is 4.59. The van der Waals surface area contributed by atoms with Crippen molar-refractivity contribution in [1.82, 2.24) is 4.98 Å². The molecule has 5 heteroatoms. The first kappa shape index (κ1) is 13.4. The van der Waals surface area contributed by atoms with Gasteiger partial charge < -0.3 is 5.32 Å². The normalized spacial score (nSPS) is 10.9. The molecule has 0 bridgehead atoms. The van der Waals surface area contributed by atoms with E-state index in [1.54, 1.807) is 25.1 Å². The summed E-state index contributed by atoms with van der Waals surface area (Å²) < 4.78 is 13.3. The number of carbonyl (C=O) groups excluding carboxylic acids is 1. The van der Waals surface area contributed by atoms with Crippen molar-refractivity contribution in [2.75, 3.05) is 5.32 Å². The van der Waals surface area contributed by atoms with Crippen LogP contribution in [-0.4, -0.2) is 10.9 Å². The van der Waals surface area contributed by atoms with Crippen LogP contribution in [0.1, 0.15) is 16.3 Å². The Bertz CT molecular complexity index is 634. The number of benzene rings is 1. The van der Waals surface area contributed by atoms with Gasteiger partial charge in [-0.2, -0.15) is 0 Å². The van der Waals surface area contributed by atoms with Gasteiger partial charge in [0.05, 0.1) is 10.7 Å². The molecule has 0 aliphatic carbocycles. The van der Waals surface area contributed by atoms with Crippen molar-refractivity contribution >= 4 is 29.0 Å². The highest BCUT2D eigenvalue weighted by molar-refractivity contribution is 7.09. The van der Waals surface area contributed by atoms with Gasteiger partial charge in [0, 0.05) is 17.1 Å². The number of amides is 1. The van der Waals surface area contributed by atoms with Gasteiger partial charge in [0.25, 0.3) is 0 Å². The van der Waals surface area contributed by atoms with Crippen LogP contribution in [0.4, 0.5) is 10.1 Å². The highest BCUT2D eigenvalue weighted by Crippen LogP contribution is 2.14. The lowest BCUT2D eigenvalue weighted by atomic mass is 10.2. The van der Waals surface area contributed by atoms with Gasteiger partial charge in [-0.25, -0.2) is 9.37 Å². The Balaban J connectivity index is 2.01. The third-order valence-electron chi connectivity index (χ3n) is 2.48. The molecule has 3 nitrogen and oxygen atoms in total. The number of hydrogen-bond donors (Lipinski definition) is 1. The molecule has 1 amide bonds. The smallest absolute Gasteiger partial charge is 0.248 e. The Morgan fingerprint density at radius 1 is 1.42 bits per heavy atom. The molecular weight excluding hydrogens is 263 g/mol. The van der Waals surface area contributed by atoms with E-state index in [1.807, 2.05) is 12.3 Å². The molecule has 0 fully saturated rings. The van der Waals surface area contributed by atoms with Crippen LogP contribution < -0.4 is 5.32 Å². The lowest BCUT2D eigenvalue weighted by molar-refractivity contribution is -0.111. The average molecular weight is 276 g/mol. The molecule has 2 aromatic rings. The van der Waals surface area contributed by atoms with E-state index < -0.39 is 0 Å². The summed E-state index contributed by atoms with van der Waals surface area (Å²) in [7, 11) is 0. The highest BCUT2D eigenvalue weighted by atomic mass is 32.1. The quantitative estimate of drug-likeness (QED) is 0.871. The number of nitrogens with zero attached hydrogens (tertiary/aromatic N) is 1. The number of rotatable bonds is 3. The number of aromatic nitrogens is 1. The van der Waals surface area contributed by atoms with Crippen LogP contribution in [0.3, 0.4) is 0 Å². The van der Waals surface area contributed by atoms with Crippen LogP contribution in [0.2, 0.25) is 0 Å². The number of anilines is 1. The largest absolute Gasteiger partial charge is 0.322 e. The minimum absolute atomic E-state index is 0.311. The first-order valence-electron chi connectivity index (χ1n) is 5.72. The van der Waals surface area contributed by atoms with Gasteiger partial charge in [0.1, 0.15) is 5.82 Å². The Morgan fingerprint density at radius 3 is 2.84 bits per heavy atom. The lowest BCUT2D eigenvalue weighted by Gasteiger charge is -2.03. The number of nitrogens with one attached hydrogen (secondary N) is 1. The number of halogens is 1. The zero-order valence-corrected chi connectivity index (χ0v) is 11.4. The summed E-state index contributed by atoms with van der Waals surface area (Å²) in [6.07, 6.45) is 3.01. The summed E-state index contributed by atoms with van der Waals surface area (Å²) in [6.45, 7) is 3.57. The van der Waals surface area contributed by atoms with Gasteiger partial charge in [0.15, 0.2) is 0 Å². The minimum atomic E-state index is -0.336. The molecular formula is C14H13FN2OS. The maximum atomic E-state index is 13.3. The minimum Gasteiger partial charge on any atom is -0.322 e. The molecule has 1 N–H and O–H groups in total. The summed E-state index contributed by atoms with van der Waals surface area (Å²) in [5.74, 6) is -0.647. The molecule has 0 radical (unpaired) electrons. The van der Waals surface area contributed by atoms with E-state index in [4.69, 9.17) is 0 Å². The predicted octanol–water partition coefficient (Wildman–Crippen LogP) is 3.55. The molecule has 0 spiro atoms. The fourth-order valence-corrected chi connectivity index (χ4v) is 2.05. The summed E-state index contributed by atoms with van der Waals surface area (Å²) in [5.41, 5.74) is 1.73. The Hall–Kier alpha value is -2.01. The second-order valence-electron chi connectivity index (χ2n) is 4.08. The fourth-order valence-electron chi connectivity index (χ4n) is 1.47. The number of aryl methyl sites for hydroxylation is 2. The maximum Gasteiger partial charge on any atom is 0.248 e. The molecule has 19 heavy (non-hydrogen) atoms. The summed E-state index contributed by atoms with van der Waals surface area (Å²) in [4.78, 5) is 15.9. The van der Waals surface area contributed by atoms with Gasteiger partial charge >= 0.3 is 0 Å². The first-order chi connectivity index (χ1) is 9.04. The monoisotopic (exact) mass is 276 g/mol. The molecule has 0 saturated heterocycles. The molecule has 0 aliphatic rings. The van der Waals surface area contributed by atoms with Gasteiger partial charge in [-0.05, 0) is 37.6 Å². The summed E-state index contributed by atoms with van der Waals surface area (Å²) >= 11 is 1.52. The third-order valence-corrected chi connectivity index (χ3v) is 3.27. The molecule has 1 aromatic heterocycles. The number of hydrogen-bond acceptors (Lipinski definition) is 3. The molecule has 1 heterocycles. The highest BCUT2D eigenvalue weighted by Gasteiger charge is 2.02. The van der Waals surface area contributed by atoms with Gasteiger partial charge in [-0.3, -0.25) is 4.79 Å². The van der Waals surface area contributed by atoms with E-state index in [1.165, 1.54) is 23.5 Å². The van der Waals surface area contributed by atoms with Crippen LogP contribution in [0.5, 0.6) is 0 Å². The van der Waals surface area contributed by atoms with Crippen molar-refractivity contribution in [3.63, 3.8) is 0 Å². The van der Waals surface area contributed by atoms with Crippen LogP contribution >= 0.6 is 11.3 Å². The number of thiazole rings is 1. The summed E-state index contributed by atoms with van der Waals surface area (Å²) in [5, 5.41) is 5.41. The van der Waals surface area contributed by atoms with E-state index in [2.05, 4.69) is 10.3 Å². The molecule has 98 valence electrons. The van der Waals surface area contributed by atoms with Crippen molar-refractivity contribution in [3.05, 3.63) is 51.7 Å². The van der Waals surface area contributed by atoms with Crippen molar-refractivity contribution in [2.45, 2.75) is 13.8 Å². The fraction of sp³-hybridized carbons (Fsp3) is 0.143. The predicted molar refractivity (Wildman–Crippen MR) is 75.7 cm³/mol. The van der Waals surface area contributed by atoms with E-state index >= 15 is 0 Å². The van der Waals surface area contributed by atoms with Crippen molar-refractivity contribution in [2.24, 2.45) is 0 Å². The van der Waals surface area contributed by atoms with Crippen molar-refractivity contribution < 1.29 is 9.18 Å². The SMILES string of the molecule is Cc1nc(/C=C/C(=O)Nc2ccc(C)c(F)c2)cs1. The molecule has 0 atom stereocenters. The van der Waals surface area contributed by atoms with Gasteiger partial charge in [-0.1, -0.05) is 6.07 Å². The number of carbonyl (C=O) groups is 1. The topological polar surface area (TPSA) is 42.0 Å². The van der Waals surface area contributed by atoms with E-state index in [0.717, 1.165) is 10.7 Å². The second-order valence-corrected chi connectivity index (χ2v) is 5.14. The molecule has 0 unspecified atom stereocenters. The lowest BCUT2D eigenvalue weighted by Crippen LogP contribution is -2.08. The molecule has 2 rings (SSSR count). The van der Waals surface area contributed by atoms with Crippen LogP contribution in [0.25, 0.3) is 6.08 Å². The first-order valence-corrected chi connectivity index (χ1v) is 6.60. The van der Waals surface area contributed by atoms with Gasteiger partial charge in [0.2, 0.25) is 5.91 Å². The van der Waals surface area contributed by atoms with E-state index in [9.17, 15) is 9.18 Å². The van der Waals surface area contributed by atoms with Crippen LogP contribution in [-0.2, 0) is 4.79 Å². The maximum absolute atomic E-state index is 13.3. The Labute approximate surface area is 114 Å². The van der Waals surface area contributed by atoms with Crippen molar-refractivity contribution in [1.29, 1.82) is 0 Å².